The van der Waals surface area contributed by atoms with Crippen molar-refractivity contribution in [2.75, 3.05) is 46.1 Å². The number of halogens is 1. The number of thiophene rings is 1. The number of hydrogen-bond donors (Lipinski definition) is 2. The molecule has 1 fully saturated rings. The van der Waals surface area contributed by atoms with E-state index in [9.17, 15) is 0 Å². The molecule has 1 aliphatic heterocycles. The minimum atomic E-state index is 0. The number of hydrogen-bond acceptors (Lipinski definition) is 4. The zero-order valence-corrected chi connectivity index (χ0v) is 18.5. The molecule has 0 bridgehead atoms. The summed E-state index contributed by atoms with van der Waals surface area (Å²) in [6.07, 6.45) is 2.12. The van der Waals surface area contributed by atoms with Gasteiger partial charge >= 0.3 is 0 Å². The lowest BCUT2D eigenvalue weighted by molar-refractivity contribution is 0.0888. The second kappa shape index (κ2) is 13.8. The molecule has 25 heavy (non-hydrogen) atoms. The summed E-state index contributed by atoms with van der Waals surface area (Å²) >= 11 is 1.74. The average molecular weight is 481 g/mol. The van der Waals surface area contributed by atoms with Crippen LogP contribution in [0, 0.1) is 5.92 Å². The van der Waals surface area contributed by atoms with Crippen LogP contribution in [0.2, 0.25) is 0 Å². The van der Waals surface area contributed by atoms with Gasteiger partial charge in [-0.2, -0.15) is 11.3 Å². The Hall–Kier alpha value is -0.380. The van der Waals surface area contributed by atoms with Crippen molar-refractivity contribution in [1.29, 1.82) is 0 Å². The Bertz CT molecular complexity index is 465. The lowest BCUT2D eigenvalue weighted by Crippen LogP contribution is -2.38. The van der Waals surface area contributed by atoms with Gasteiger partial charge in [-0.1, -0.05) is 6.92 Å². The molecule has 1 aromatic rings. The third kappa shape index (κ3) is 9.21. The maximum Gasteiger partial charge on any atom is 0.191 e. The number of guanidine groups is 1. The fourth-order valence-corrected chi connectivity index (χ4v) is 3.36. The largest absolute Gasteiger partial charge is 0.381 e. The van der Waals surface area contributed by atoms with Crippen molar-refractivity contribution in [3.05, 3.63) is 22.4 Å². The first-order valence-corrected chi connectivity index (χ1v) is 9.93. The third-order valence-electron chi connectivity index (χ3n) is 4.12. The highest BCUT2D eigenvalue weighted by Gasteiger charge is 2.15. The zero-order valence-electron chi connectivity index (χ0n) is 15.3. The summed E-state index contributed by atoms with van der Waals surface area (Å²) in [4.78, 5) is 4.69. The third-order valence-corrected chi connectivity index (χ3v) is 4.82. The topological polar surface area (TPSA) is 54.9 Å². The molecule has 144 valence electrons. The Morgan fingerprint density at radius 3 is 3.04 bits per heavy atom. The Morgan fingerprint density at radius 2 is 2.36 bits per heavy atom. The van der Waals surface area contributed by atoms with E-state index in [1.165, 1.54) is 5.56 Å². The van der Waals surface area contributed by atoms with Crippen LogP contribution in [-0.2, 0) is 9.47 Å². The summed E-state index contributed by atoms with van der Waals surface area (Å²) in [6.45, 7) is 10.2. The van der Waals surface area contributed by atoms with Crippen LogP contribution < -0.4 is 10.6 Å². The number of ether oxygens (including phenoxy) is 2. The van der Waals surface area contributed by atoms with Crippen molar-refractivity contribution in [3.8, 4) is 0 Å². The standard InChI is InChI=1S/C18H31N3O2S.HI/c1-3-19-18(21-11-15(2)17-6-10-24-14-17)20-7-4-8-22-12-16-5-9-23-13-16;/h6,10,14-16H,3-5,7-9,11-13H2,1-2H3,(H2,19,20,21);1H. The molecular formula is C18H32IN3O2S. The van der Waals surface area contributed by atoms with Gasteiger partial charge in [-0.15, -0.1) is 24.0 Å². The average Bonchev–Trinajstić information content (AvgIpc) is 3.28. The molecule has 2 unspecified atom stereocenters. The molecule has 0 saturated carbocycles. The monoisotopic (exact) mass is 481 g/mol. The molecule has 0 radical (unpaired) electrons. The fraction of sp³-hybridized carbons (Fsp3) is 0.722. The van der Waals surface area contributed by atoms with Gasteiger partial charge in [0.25, 0.3) is 0 Å². The van der Waals surface area contributed by atoms with Gasteiger partial charge in [0.1, 0.15) is 0 Å². The maximum atomic E-state index is 5.73. The molecular weight excluding hydrogens is 449 g/mol. The fourth-order valence-electron chi connectivity index (χ4n) is 2.58. The van der Waals surface area contributed by atoms with E-state index in [0.717, 1.165) is 64.9 Å². The zero-order chi connectivity index (χ0) is 17.0. The van der Waals surface area contributed by atoms with Crippen LogP contribution in [0.4, 0.5) is 0 Å². The quantitative estimate of drug-likeness (QED) is 0.233. The highest BCUT2D eigenvalue weighted by molar-refractivity contribution is 14.0. The summed E-state index contributed by atoms with van der Waals surface area (Å²) in [5.74, 6) is 1.93. The molecule has 0 amide bonds. The van der Waals surface area contributed by atoms with Crippen LogP contribution in [0.25, 0.3) is 0 Å². The Morgan fingerprint density at radius 1 is 1.48 bits per heavy atom. The van der Waals surface area contributed by atoms with E-state index in [1.807, 2.05) is 0 Å². The molecule has 2 heterocycles. The van der Waals surface area contributed by atoms with Crippen LogP contribution in [-0.4, -0.2) is 52.0 Å². The molecule has 2 N–H and O–H groups in total. The van der Waals surface area contributed by atoms with Crippen molar-refractivity contribution in [3.63, 3.8) is 0 Å². The van der Waals surface area contributed by atoms with E-state index in [4.69, 9.17) is 14.5 Å². The first-order chi connectivity index (χ1) is 11.8. The molecule has 0 aliphatic carbocycles. The second-order valence-corrected chi connectivity index (χ2v) is 7.04. The molecule has 2 rings (SSSR count). The van der Waals surface area contributed by atoms with Gasteiger partial charge in [0.2, 0.25) is 0 Å². The minimum absolute atomic E-state index is 0. The predicted molar refractivity (Wildman–Crippen MR) is 116 cm³/mol. The highest BCUT2D eigenvalue weighted by atomic mass is 127. The van der Waals surface area contributed by atoms with Crippen molar-refractivity contribution in [2.45, 2.75) is 32.6 Å². The van der Waals surface area contributed by atoms with E-state index in [-0.39, 0.29) is 24.0 Å². The number of nitrogens with zero attached hydrogens (tertiary/aromatic N) is 1. The summed E-state index contributed by atoms with van der Waals surface area (Å²) in [5, 5.41) is 11.0. The second-order valence-electron chi connectivity index (χ2n) is 6.26. The molecule has 2 atom stereocenters. The van der Waals surface area contributed by atoms with Crippen molar-refractivity contribution in [1.82, 2.24) is 10.6 Å². The van der Waals surface area contributed by atoms with E-state index < -0.39 is 0 Å². The maximum absolute atomic E-state index is 5.73. The van der Waals surface area contributed by atoms with Crippen LogP contribution in [0.15, 0.2) is 21.8 Å². The summed E-state index contributed by atoms with van der Waals surface area (Å²) in [5.41, 5.74) is 1.36. The normalized spacial score (nSPS) is 18.6. The van der Waals surface area contributed by atoms with Gasteiger partial charge in [0, 0.05) is 44.7 Å². The first kappa shape index (κ1) is 22.7. The van der Waals surface area contributed by atoms with Crippen LogP contribution >= 0.6 is 35.3 Å². The lowest BCUT2D eigenvalue weighted by atomic mass is 10.1. The number of rotatable bonds is 10. The lowest BCUT2D eigenvalue weighted by Gasteiger charge is -2.13. The number of nitrogens with one attached hydrogen (secondary N) is 2. The molecule has 1 aromatic heterocycles. The molecule has 5 nitrogen and oxygen atoms in total. The summed E-state index contributed by atoms with van der Waals surface area (Å²) in [7, 11) is 0. The smallest absolute Gasteiger partial charge is 0.191 e. The minimum Gasteiger partial charge on any atom is -0.381 e. The van der Waals surface area contributed by atoms with E-state index in [0.29, 0.717) is 11.8 Å². The van der Waals surface area contributed by atoms with E-state index in [2.05, 4.69) is 41.3 Å². The Labute approximate surface area is 173 Å². The molecule has 1 aliphatic rings. The molecule has 7 heteroatoms. The van der Waals surface area contributed by atoms with Gasteiger partial charge in [-0.05, 0) is 42.2 Å². The SMILES string of the molecule is CCNC(=NCC(C)c1ccsc1)NCCCOCC1CCOC1.I. The van der Waals surface area contributed by atoms with E-state index >= 15 is 0 Å². The Kier molecular flexibility index (Phi) is 12.5. The van der Waals surface area contributed by atoms with Crippen LogP contribution in [0.3, 0.4) is 0 Å². The van der Waals surface area contributed by atoms with Crippen LogP contribution in [0.1, 0.15) is 38.2 Å². The summed E-state index contributed by atoms with van der Waals surface area (Å²) in [6, 6.07) is 2.18. The number of aliphatic imine (C=N–C) groups is 1. The van der Waals surface area contributed by atoms with Gasteiger partial charge in [0.15, 0.2) is 5.96 Å². The van der Waals surface area contributed by atoms with Crippen LogP contribution in [0.5, 0.6) is 0 Å². The molecule has 0 spiro atoms. The molecule has 1 saturated heterocycles. The van der Waals surface area contributed by atoms with E-state index in [1.54, 1.807) is 11.3 Å². The molecule has 0 aromatic carbocycles. The van der Waals surface area contributed by atoms with Crippen molar-refractivity contribution < 1.29 is 9.47 Å². The van der Waals surface area contributed by atoms with Gasteiger partial charge in [-0.25, -0.2) is 0 Å². The summed E-state index contributed by atoms with van der Waals surface area (Å²) < 4.78 is 11.1. The highest BCUT2D eigenvalue weighted by Crippen LogP contribution is 2.18. The first-order valence-electron chi connectivity index (χ1n) is 8.99. The van der Waals surface area contributed by atoms with Gasteiger partial charge in [0.05, 0.1) is 13.2 Å². The Balaban J connectivity index is 0.00000312. The van der Waals surface area contributed by atoms with Crippen molar-refractivity contribution in [2.24, 2.45) is 10.9 Å². The predicted octanol–water partition coefficient (Wildman–Crippen LogP) is 3.47. The van der Waals surface area contributed by atoms with Crippen molar-refractivity contribution >= 4 is 41.3 Å². The van der Waals surface area contributed by atoms with Gasteiger partial charge < -0.3 is 20.1 Å². The van der Waals surface area contributed by atoms with Gasteiger partial charge in [-0.3, -0.25) is 4.99 Å².